The molecule has 1 aliphatic carbocycles. The number of hydrogen-bond donors (Lipinski definition) is 1. The van der Waals surface area contributed by atoms with Crippen LogP contribution in [0.5, 0.6) is 0 Å². The maximum Gasteiger partial charge on any atom is 0.407 e. The van der Waals surface area contributed by atoms with Crippen molar-refractivity contribution >= 4 is 12.2 Å². The molecule has 1 aromatic heterocycles. The Balaban J connectivity index is 1.14. The SMILES string of the molecule is O=C(NCC=Cc1ccc(-n2cncn2)cc1)OCC1c2ccccc2-c2ccccc21. The molecular weight excluding hydrogens is 400 g/mol. The fraction of sp³-hybridized carbons (Fsp3) is 0.115. The Morgan fingerprint density at radius 1 is 0.969 bits per heavy atom. The molecule has 1 amide bonds. The molecule has 6 nitrogen and oxygen atoms in total. The number of aromatic nitrogens is 3. The first-order chi connectivity index (χ1) is 15.8. The van der Waals surface area contributed by atoms with E-state index in [1.807, 2.05) is 60.7 Å². The van der Waals surface area contributed by atoms with Gasteiger partial charge >= 0.3 is 6.09 Å². The summed E-state index contributed by atoms with van der Waals surface area (Å²) >= 11 is 0. The lowest BCUT2D eigenvalue weighted by Crippen LogP contribution is -2.26. The topological polar surface area (TPSA) is 69.0 Å². The second-order valence-corrected chi connectivity index (χ2v) is 7.54. The van der Waals surface area contributed by atoms with Crippen LogP contribution in [0.3, 0.4) is 0 Å². The number of carbonyl (C=O) groups is 1. The molecule has 5 rings (SSSR count). The number of rotatable bonds is 6. The maximum atomic E-state index is 12.2. The Hall–Kier alpha value is -4.19. The molecule has 32 heavy (non-hydrogen) atoms. The van der Waals surface area contributed by atoms with Crippen LogP contribution in [0.25, 0.3) is 22.9 Å². The second-order valence-electron chi connectivity index (χ2n) is 7.54. The van der Waals surface area contributed by atoms with Crippen molar-refractivity contribution < 1.29 is 9.53 Å². The fourth-order valence-electron chi connectivity index (χ4n) is 4.07. The zero-order chi connectivity index (χ0) is 21.8. The van der Waals surface area contributed by atoms with Crippen LogP contribution in [0.1, 0.15) is 22.6 Å². The number of alkyl carbamates (subject to hydrolysis) is 1. The number of nitrogens with one attached hydrogen (secondary N) is 1. The molecule has 0 radical (unpaired) electrons. The van der Waals surface area contributed by atoms with Crippen molar-refractivity contribution in [3.63, 3.8) is 0 Å². The van der Waals surface area contributed by atoms with E-state index in [0.29, 0.717) is 13.2 Å². The number of fused-ring (bicyclic) bond motifs is 3. The van der Waals surface area contributed by atoms with E-state index in [1.165, 1.54) is 28.6 Å². The van der Waals surface area contributed by atoms with E-state index in [0.717, 1.165) is 11.3 Å². The predicted molar refractivity (Wildman–Crippen MR) is 123 cm³/mol. The van der Waals surface area contributed by atoms with Gasteiger partial charge in [0.2, 0.25) is 0 Å². The molecule has 158 valence electrons. The normalized spacial score (nSPS) is 12.5. The van der Waals surface area contributed by atoms with E-state index < -0.39 is 6.09 Å². The van der Waals surface area contributed by atoms with Gasteiger partial charge in [0.1, 0.15) is 19.3 Å². The summed E-state index contributed by atoms with van der Waals surface area (Å²) < 4.78 is 7.25. The van der Waals surface area contributed by atoms with Crippen LogP contribution >= 0.6 is 0 Å². The largest absolute Gasteiger partial charge is 0.449 e. The van der Waals surface area contributed by atoms with Crippen molar-refractivity contribution in [1.82, 2.24) is 20.1 Å². The van der Waals surface area contributed by atoms with Crippen LogP contribution in [-0.2, 0) is 4.74 Å². The van der Waals surface area contributed by atoms with Gasteiger partial charge in [-0.15, -0.1) is 0 Å². The first kappa shape index (κ1) is 19.8. The smallest absolute Gasteiger partial charge is 0.407 e. The van der Waals surface area contributed by atoms with Gasteiger partial charge in [-0.3, -0.25) is 0 Å². The molecule has 0 spiro atoms. The highest BCUT2D eigenvalue weighted by atomic mass is 16.5. The van der Waals surface area contributed by atoms with Gasteiger partial charge in [0.15, 0.2) is 0 Å². The Labute approximate surface area is 186 Å². The molecular formula is C26H22N4O2. The molecule has 0 saturated heterocycles. The minimum Gasteiger partial charge on any atom is -0.449 e. The highest BCUT2D eigenvalue weighted by Crippen LogP contribution is 2.44. The molecule has 0 fully saturated rings. The van der Waals surface area contributed by atoms with Crippen molar-refractivity contribution in [2.75, 3.05) is 13.2 Å². The van der Waals surface area contributed by atoms with Gasteiger partial charge in [0.25, 0.3) is 0 Å². The van der Waals surface area contributed by atoms with Gasteiger partial charge in [0, 0.05) is 12.5 Å². The van der Waals surface area contributed by atoms with Crippen molar-refractivity contribution in [1.29, 1.82) is 0 Å². The summed E-state index contributed by atoms with van der Waals surface area (Å²) in [6.45, 7) is 0.703. The predicted octanol–water partition coefficient (Wildman–Crippen LogP) is 4.82. The molecule has 1 N–H and O–H groups in total. The van der Waals surface area contributed by atoms with Gasteiger partial charge in [-0.05, 0) is 39.9 Å². The summed E-state index contributed by atoms with van der Waals surface area (Å²) in [5.41, 5.74) is 6.82. The maximum absolute atomic E-state index is 12.2. The van der Waals surface area contributed by atoms with Crippen LogP contribution in [0.15, 0.2) is 91.5 Å². The Morgan fingerprint density at radius 2 is 1.66 bits per heavy atom. The van der Waals surface area contributed by atoms with E-state index in [2.05, 4.69) is 39.7 Å². The third-order valence-electron chi connectivity index (χ3n) is 5.59. The number of benzene rings is 3. The fourth-order valence-corrected chi connectivity index (χ4v) is 4.07. The van der Waals surface area contributed by atoms with Crippen LogP contribution in [0.4, 0.5) is 4.79 Å². The lowest BCUT2D eigenvalue weighted by atomic mass is 9.98. The summed E-state index contributed by atoms with van der Waals surface area (Å²) in [5, 5.41) is 6.90. The van der Waals surface area contributed by atoms with Crippen molar-refractivity contribution in [3.05, 3.63) is 108 Å². The summed E-state index contributed by atoms with van der Waals surface area (Å²) in [7, 11) is 0. The molecule has 0 atom stereocenters. The van der Waals surface area contributed by atoms with Crippen LogP contribution in [0.2, 0.25) is 0 Å². The Bertz CT molecular complexity index is 1200. The zero-order valence-corrected chi connectivity index (χ0v) is 17.4. The van der Waals surface area contributed by atoms with E-state index in [1.54, 1.807) is 11.0 Å². The first-order valence-corrected chi connectivity index (χ1v) is 10.5. The summed E-state index contributed by atoms with van der Waals surface area (Å²) in [6, 6.07) is 24.5. The zero-order valence-electron chi connectivity index (χ0n) is 17.4. The number of nitrogens with zero attached hydrogens (tertiary/aromatic N) is 3. The van der Waals surface area contributed by atoms with E-state index in [9.17, 15) is 4.79 Å². The highest BCUT2D eigenvalue weighted by Gasteiger charge is 2.28. The molecule has 0 aliphatic heterocycles. The van der Waals surface area contributed by atoms with E-state index in [4.69, 9.17) is 4.74 Å². The summed E-state index contributed by atoms with van der Waals surface area (Å²) in [6.07, 6.45) is 6.59. The number of amides is 1. The quantitative estimate of drug-likeness (QED) is 0.484. The third-order valence-corrected chi connectivity index (χ3v) is 5.59. The minimum absolute atomic E-state index is 0.0622. The Morgan fingerprint density at radius 3 is 2.31 bits per heavy atom. The third kappa shape index (κ3) is 4.03. The van der Waals surface area contributed by atoms with E-state index >= 15 is 0 Å². The van der Waals surface area contributed by atoms with Crippen LogP contribution in [-0.4, -0.2) is 34.0 Å². The van der Waals surface area contributed by atoms with E-state index in [-0.39, 0.29) is 5.92 Å². The number of hydrogen-bond acceptors (Lipinski definition) is 4. The molecule has 4 aromatic rings. The van der Waals surface area contributed by atoms with Gasteiger partial charge in [-0.1, -0.05) is 72.8 Å². The number of ether oxygens (including phenoxy) is 1. The average Bonchev–Trinajstić information content (AvgIpc) is 3.48. The van der Waals surface area contributed by atoms with Crippen molar-refractivity contribution in [3.8, 4) is 16.8 Å². The monoisotopic (exact) mass is 422 g/mol. The summed E-state index contributed by atoms with van der Waals surface area (Å²) in [4.78, 5) is 16.2. The minimum atomic E-state index is -0.418. The van der Waals surface area contributed by atoms with Crippen LogP contribution in [0, 0.1) is 0 Å². The van der Waals surface area contributed by atoms with Gasteiger partial charge in [-0.2, -0.15) is 5.10 Å². The lowest BCUT2D eigenvalue weighted by molar-refractivity contribution is 0.144. The number of carbonyl (C=O) groups excluding carboxylic acids is 1. The lowest BCUT2D eigenvalue weighted by Gasteiger charge is -2.14. The second kappa shape index (κ2) is 8.89. The molecule has 0 unspecified atom stereocenters. The van der Waals surface area contributed by atoms with Gasteiger partial charge < -0.3 is 10.1 Å². The molecule has 1 aliphatic rings. The van der Waals surface area contributed by atoms with Gasteiger partial charge in [0.05, 0.1) is 5.69 Å². The molecule has 0 saturated carbocycles. The average molecular weight is 422 g/mol. The highest BCUT2D eigenvalue weighted by molar-refractivity contribution is 5.79. The molecule has 6 heteroatoms. The van der Waals surface area contributed by atoms with Crippen molar-refractivity contribution in [2.45, 2.75) is 5.92 Å². The summed E-state index contributed by atoms with van der Waals surface area (Å²) in [5.74, 6) is 0.0622. The molecule has 3 aromatic carbocycles. The van der Waals surface area contributed by atoms with Crippen LogP contribution < -0.4 is 5.32 Å². The Kier molecular flexibility index (Phi) is 5.49. The first-order valence-electron chi connectivity index (χ1n) is 10.5. The van der Waals surface area contributed by atoms with Gasteiger partial charge in [-0.25, -0.2) is 14.5 Å². The molecule has 0 bridgehead atoms. The standard InChI is InChI=1S/C26H22N4O2/c31-26(28-15-5-6-19-11-13-20(14-12-19)30-18-27-17-29-30)32-16-25-23-9-3-1-7-21(23)22-8-2-4-10-24(22)25/h1-14,17-18,25H,15-16H2,(H,28,31). The van der Waals surface area contributed by atoms with Crippen molar-refractivity contribution in [2.24, 2.45) is 0 Å². The molecule has 1 heterocycles.